The zero-order valence-corrected chi connectivity index (χ0v) is 20.4. The molecule has 0 spiro atoms. The number of aliphatic imine (C=N–C) groups is 1. The Morgan fingerprint density at radius 1 is 0.886 bits per heavy atom. The van der Waals surface area contributed by atoms with Crippen molar-refractivity contribution in [2.75, 3.05) is 49.5 Å². The van der Waals surface area contributed by atoms with Gasteiger partial charge in [0.15, 0.2) is 5.17 Å². The van der Waals surface area contributed by atoms with E-state index in [0.29, 0.717) is 24.3 Å². The summed E-state index contributed by atoms with van der Waals surface area (Å²) in [5.74, 6) is -0.472. The number of benzene rings is 2. The summed E-state index contributed by atoms with van der Waals surface area (Å²) in [6.45, 7) is 4.77. The number of anilines is 2. The van der Waals surface area contributed by atoms with Crippen molar-refractivity contribution in [3.63, 3.8) is 0 Å². The molecule has 3 aliphatic heterocycles. The van der Waals surface area contributed by atoms with Gasteiger partial charge in [-0.05, 0) is 49.2 Å². The van der Waals surface area contributed by atoms with E-state index in [2.05, 4.69) is 32.2 Å². The lowest BCUT2D eigenvalue weighted by Crippen LogP contribution is -2.48. The first-order valence-electron chi connectivity index (χ1n) is 12.1. The maximum atomic E-state index is 12.9. The molecule has 0 radical (unpaired) electrons. The quantitative estimate of drug-likeness (QED) is 0.692. The summed E-state index contributed by atoms with van der Waals surface area (Å²) in [6, 6.07) is 17.2. The zero-order chi connectivity index (χ0) is 24.2. The monoisotopic (exact) mass is 491 g/mol. The molecule has 8 nitrogen and oxygen atoms in total. The fourth-order valence-corrected chi connectivity index (χ4v) is 5.74. The summed E-state index contributed by atoms with van der Waals surface area (Å²) < 4.78 is 0. The van der Waals surface area contributed by atoms with Crippen LogP contribution in [0.1, 0.15) is 29.6 Å². The van der Waals surface area contributed by atoms with Crippen LogP contribution in [-0.2, 0) is 9.59 Å². The van der Waals surface area contributed by atoms with Gasteiger partial charge in [-0.15, -0.1) is 0 Å². The lowest BCUT2D eigenvalue weighted by Gasteiger charge is -2.36. The third-order valence-electron chi connectivity index (χ3n) is 6.58. The minimum atomic E-state index is -0.471. The number of amides is 3. The van der Waals surface area contributed by atoms with Gasteiger partial charge in [0.1, 0.15) is 5.25 Å². The maximum Gasteiger partial charge on any atom is 0.262 e. The molecule has 0 bridgehead atoms. The van der Waals surface area contributed by atoms with E-state index in [9.17, 15) is 14.4 Å². The molecule has 5 rings (SSSR count). The highest BCUT2D eigenvalue weighted by atomic mass is 32.2. The number of carbonyl (C=O) groups excluding carboxylic acids is 3. The van der Waals surface area contributed by atoms with Crippen LogP contribution < -0.4 is 10.2 Å². The summed E-state index contributed by atoms with van der Waals surface area (Å²) in [7, 11) is 0. The fraction of sp³-hybridized carbons (Fsp3) is 0.385. The van der Waals surface area contributed by atoms with Crippen LogP contribution in [-0.4, -0.2) is 77.2 Å². The first-order chi connectivity index (χ1) is 17.1. The number of carbonyl (C=O) groups is 3. The van der Waals surface area contributed by atoms with E-state index < -0.39 is 5.25 Å². The largest absolute Gasteiger partial charge is 0.368 e. The molecule has 0 saturated carbocycles. The van der Waals surface area contributed by atoms with Crippen molar-refractivity contribution in [1.82, 2.24) is 9.80 Å². The smallest absolute Gasteiger partial charge is 0.262 e. The van der Waals surface area contributed by atoms with E-state index in [0.717, 1.165) is 44.2 Å². The van der Waals surface area contributed by atoms with Crippen LogP contribution in [0.2, 0.25) is 0 Å². The summed E-state index contributed by atoms with van der Waals surface area (Å²) in [6.07, 6.45) is 2.30. The van der Waals surface area contributed by atoms with Gasteiger partial charge in [-0.1, -0.05) is 30.0 Å². The number of nitrogens with zero attached hydrogens (tertiary/aromatic N) is 4. The Kier molecular flexibility index (Phi) is 7.03. The normalized spacial score (nSPS) is 20.2. The Morgan fingerprint density at radius 3 is 2.26 bits per heavy atom. The Labute approximate surface area is 209 Å². The van der Waals surface area contributed by atoms with E-state index in [-0.39, 0.29) is 24.1 Å². The Hall–Kier alpha value is -3.33. The number of likely N-dealkylation sites (tertiary alicyclic amines) is 1. The summed E-state index contributed by atoms with van der Waals surface area (Å²) in [5.41, 5.74) is 2.38. The molecule has 2 aromatic rings. The number of para-hydroxylation sites is 1. The highest BCUT2D eigenvalue weighted by Gasteiger charge is 2.33. The summed E-state index contributed by atoms with van der Waals surface area (Å²) in [4.78, 5) is 48.1. The molecular weight excluding hydrogens is 462 g/mol. The minimum Gasteiger partial charge on any atom is -0.368 e. The highest BCUT2D eigenvalue weighted by Crippen LogP contribution is 2.29. The van der Waals surface area contributed by atoms with Crippen LogP contribution in [0.4, 0.5) is 11.4 Å². The van der Waals surface area contributed by atoms with Crippen molar-refractivity contribution < 1.29 is 14.4 Å². The van der Waals surface area contributed by atoms with Crippen molar-refractivity contribution in [2.24, 2.45) is 4.99 Å². The van der Waals surface area contributed by atoms with Crippen LogP contribution in [0.25, 0.3) is 0 Å². The Morgan fingerprint density at radius 2 is 1.57 bits per heavy atom. The van der Waals surface area contributed by atoms with Crippen molar-refractivity contribution in [1.29, 1.82) is 0 Å². The Balaban J connectivity index is 1.10. The molecule has 35 heavy (non-hydrogen) atoms. The molecule has 3 heterocycles. The number of hydrogen-bond acceptors (Lipinski definition) is 6. The third kappa shape index (κ3) is 5.51. The molecule has 1 atom stereocenters. The number of thioether (sulfide) groups is 1. The van der Waals surface area contributed by atoms with E-state index in [1.54, 1.807) is 24.3 Å². The van der Waals surface area contributed by atoms with Gasteiger partial charge in [-0.25, -0.2) is 0 Å². The molecule has 9 heteroatoms. The second kappa shape index (κ2) is 10.5. The summed E-state index contributed by atoms with van der Waals surface area (Å²) >= 11 is 1.39. The van der Waals surface area contributed by atoms with Crippen molar-refractivity contribution in [3.05, 3.63) is 60.2 Å². The van der Waals surface area contributed by atoms with Gasteiger partial charge in [0.05, 0.1) is 0 Å². The van der Waals surface area contributed by atoms with Crippen molar-refractivity contribution in [2.45, 2.75) is 24.5 Å². The molecule has 0 aliphatic carbocycles. The lowest BCUT2D eigenvalue weighted by atomic mass is 10.1. The van der Waals surface area contributed by atoms with Crippen molar-refractivity contribution in [3.8, 4) is 0 Å². The van der Waals surface area contributed by atoms with Gasteiger partial charge in [-0.3, -0.25) is 14.4 Å². The van der Waals surface area contributed by atoms with Crippen LogP contribution in [0.5, 0.6) is 0 Å². The van der Waals surface area contributed by atoms with E-state index in [4.69, 9.17) is 0 Å². The summed E-state index contributed by atoms with van der Waals surface area (Å²) in [5, 5.41) is 3.12. The zero-order valence-electron chi connectivity index (χ0n) is 19.6. The molecule has 2 fully saturated rings. The predicted molar refractivity (Wildman–Crippen MR) is 139 cm³/mol. The molecular formula is C26H29N5O3S. The Bertz CT molecular complexity index is 1110. The fourth-order valence-electron chi connectivity index (χ4n) is 4.62. The van der Waals surface area contributed by atoms with Gasteiger partial charge in [0, 0.05) is 62.6 Å². The minimum absolute atomic E-state index is 0.00451. The first kappa shape index (κ1) is 23.4. The van der Waals surface area contributed by atoms with Crippen molar-refractivity contribution >= 4 is 46.0 Å². The molecule has 0 aromatic heterocycles. The first-order valence-corrected chi connectivity index (χ1v) is 13.0. The lowest BCUT2D eigenvalue weighted by molar-refractivity contribution is -0.121. The van der Waals surface area contributed by atoms with Crippen LogP contribution >= 0.6 is 11.8 Å². The molecule has 182 valence electrons. The van der Waals surface area contributed by atoms with Crippen LogP contribution in [0, 0.1) is 0 Å². The number of nitrogens with one attached hydrogen (secondary N) is 1. The van der Waals surface area contributed by atoms with Crippen LogP contribution in [0.3, 0.4) is 0 Å². The third-order valence-corrected chi connectivity index (χ3v) is 7.79. The molecule has 3 aliphatic rings. The molecule has 2 saturated heterocycles. The maximum absolute atomic E-state index is 12.9. The molecule has 1 N–H and O–H groups in total. The highest BCUT2D eigenvalue weighted by molar-refractivity contribution is 8.15. The molecule has 3 amide bonds. The molecule has 2 aromatic carbocycles. The number of amidine groups is 1. The average Bonchev–Trinajstić information content (AvgIpc) is 3.55. The number of piperazine rings is 1. The second-order valence-electron chi connectivity index (χ2n) is 8.98. The number of rotatable bonds is 5. The van der Waals surface area contributed by atoms with E-state index >= 15 is 0 Å². The predicted octanol–water partition coefficient (Wildman–Crippen LogP) is 3.07. The van der Waals surface area contributed by atoms with Gasteiger partial charge in [-0.2, -0.15) is 4.99 Å². The van der Waals surface area contributed by atoms with Crippen LogP contribution in [0.15, 0.2) is 59.6 Å². The van der Waals surface area contributed by atoms with E-state index in [1.807, 2.05) is 23.1 Å². The molecule has 0 unspecified atom stereocenters. The standard InChI is InChI=1S/C26H29N5O3S/c32-23(18-22-24(33)28-26(35-22)31-12-4-5-13-31)27-20-10-8-19(9-11-20)25(34)30-16-14-29(15-17-30)21-6-2-1-3-7-21/h1-3,6-11,22H,4-5,12-18H2,(H,27,32)/t22-/m1/s1. The second-order valence-corrected chi connectivity index (χ2v) is 10.1. The van der Waals surface area contributed by atoms with Gasteiger partial charge >= 0.3 is 0 Å². The van der Waals surface area contributed by atoms with E-state index in [1.165, 1.54) is 17.4 Å². The van der Waals surface area contributed by atoms with Gasteiger partial charge in [0.2, 0.25) is 5.91 Å². The average molecular weight is 492 g/mol. The SMILES string of the molecule is O=C(C[C@H]1SC(N2CCCC2)=NC1=O)Nc1ccc(C(=O)N2CCN(c3ccccc3)CC2)cc1. The topological polar surface area (TPSA) is 85.3 Å². The van der Waals surface area contributed by atoms with Gasteiger partial charge < -0.3 is 20.0 Å². The number of hydrogen-bond donors (Lipinski definition) is 1. The van der Waals surface area contributed by atoms with Gasteiger partial charge in [0.25, 0.3) is 11.8 Å².